The first-order valence-corrected chi connectivity index (χ1v) is 9.06. The molecule has 2 aromatic carbocycles. The number of hydrogen-bond acceptors (Lipinski definition) is 3. The van der Waals surface area contributed by atoms with Crippen LogP contribution in [0.5, 0.6) is 0 Å². The first-order chi connectivity index (χ1) is 10.8. The van der Waals surface area contributed by atoms with Crippen molar-refractivity contribution in [3.63, 3.8) is 0 Å². The van der Waals surface area contributed by atoms with E-state index >= 15 is 0 Å². The summed E-state index contributed by atoms with van der Waals surface area (Å²) < 4.78 is 25.4. The molecule has 0 saturated carbocycles. The minimum atomic E-state index is -3.59. The summed E-state index contributed by atoms with van der Waals surface area (Å²) in [7, 11) is -3.59. The van der Waals surface area contributed by atoms with E-state index in [0.29, 0.717) is 11.4 Å². The Morgan fingerprint density at radius 3 is 2.30 bits per heavy atom. The van der Waals surface area contributed by atoms with Crippen molar-refractivity contribution < 1.29 is 13.2 Å². The van der Waals surface area contributed by atoms with Crippen LogP contribution in [0.25, 0.3) is 0 Å². The first-order valence-electron chi connectivity index (χ1n) is 7.21. The van der Waals surface area contributed by atoms with Crippen LogP contribution >= 0.6 is 0 Å². The molecule has 122 valence electrons. The third-order valence-corrected chi connectivity index (χ3v) is 4.63. The molecular weight excluding hydrogens is 312 g/mol. The normalized spacial score (nSPS) is 12.5. The second kappa shape index (κ2) is 6.83. The molecule has 0 aliphatic rings. The van der Waals surface area contributed by atoms with Crippen LogP contribution in [0.15, 0.2) is 54.6 Å². The van der Waals surface area contributed by atoms with Crippen molar-refractivity contribution in [3.8, 4) is 0 Å². The molecule has 23 heavy (non-hydrogen) atoms. The number of amides is 1. The molecule has 0 radical (unpaired) electrons. The van der Waals surface area contributed by atoms with Crippen molar-refractivity contribution in [1.82, 2.24) is 0 Å². The number of para-hydroxylation sites is 1. The zero-order chi connectivity index (χ0) is 17.0. The molecule has 2 aromatic rings. The monoisotopic (exact) mass is 332 g/mol. The van der Waals surface area contributed by atoms with Gasteiger partial charge in [0.1, 0.15) is 6.04 Å². The lowest BCUT2D eigenvalue weighted by Crippen LogP contribution is -2.45. The average molecular weight is 332 g/mol. The van der Waals surface area contributed by atoms with Gasteiger partial charge in [-0.2, -0.15) is 0 Å². The molecule has 0 aromatic heterocycles. The SMILES string of the molecule is Cc1cccc(NC(=O)[C@H](C)N(c2ccccc2)S(C)(=O)=O)c1. The summed E-state index contributed by atoms with van der Waals surface area (Å²) in [5, 5.41) is 2.76. The molecule has 6 heteroatoms. The van der Waals surface area contributed by atoms with E-state index in [1.165, 1.54) is 0 Å². The van der Waals surface area contributed by atoms with Gasteiger partial charge >= 0.3 is 0 Å². The summed E-state index contributed by atoms with van der Waals surface area (Å²) in [5.41, 5.74) is 2.11. The second-order valence-corrected chi connectivity index (χ2v) is 7.29. The van der Waals surface area contributed by atoms with Crippen LogP contribution in [0, 0.1) is 6.92 Å². The van der Waals surface area contributed by atoms with Gasteiger partial charge in [-0.3, -0.25) is 9.10 Å². The molecule has 2 rings (SSSR count). The predicted octanol–water partition coefficient (Wildman–Crippen LogP) is 2.79. The molecule has 0 heterocycles. The lowest BCUT2D eigenvalue weighted by Gasteiger charge is -2.28. The number of sulfonamides is 1. The standard InChI is InChI=1S/C17H20N2O3S/c1-13-8-7-9-15(12-13)18-17(20)14(2)19(23(3,21)22)16-10-5-4-6-11-16/h4-12,14H,1-3H3,(H,18,20)/t14-/m0/s1. The van der Waals surface area contributed by atoms with E-state index in [-0.39, 0.29) is 5.91 Å². The van der Waals surface area contributed by atoms with E-state index in [2.05, 4.69) is 5.32 Å². The van der Waals surface area contributed by atoms with Crippen molar-refractivity contribution in [1.29, 1.82) is 0 Å². The topological polar surface area (TPSA) is 66.5 Å². The number of carbonyl (C=O) groups excluding carboxylic acids is 1. The predicted molar refractivity (Wildman–Crippen MR) is 93.0 cm³/mol. The van der Waals surface area contributed by atoms with Gasteiger partial charge in [-0.05, 0) is 43.7 Å². The summed E-state index contributed by atoms with van der Waals surface area (Å²) in [6.07, 6.45) is 1.09. The average Bonchev–Trinajstić information content (AvgIpc) is 2.47. The highest BCUT2D eigenvalue weighted by Gasteiger charge is 2.28. The third kappa shape index (κ3) is 4.32. The quantitative estimate of drug-likeness (QED) is 0.915. The van der Waals surface area contributed by atoms with Gasteiger partial charge < -0.3 is 5.32 Å². The van der Waals surface area contributed by atoms with E-state index < -0.39 is 16.1 Å². The Balaban J connectivity index is 2.27. The Bertz CT molecular complexity index is 788. The smallest absolute Gasteiger partial charge is 0.247 e. The number of anilines is 2. The van der Waals surface area contributed by atoms with Crippen molar-refractivity contribution in [2.45, 2.75) is 19.9 Å². The van der Waals surface area contributed by atoms with Crippen molar-refractivity contribution in [3.05, 3.63) is 60.2 Å². The summed E-state index contributed by atoms with van der Waals surface area (Å²) in [6, 6.07) is 15.1. The van der Waals surface area contributed by atoms with Crippen LogP contribution in [0.1, 0.15) is 12.5 Å². The minimum absolute atomic E-state index is 0.384. The number of rotatable bonds is 5. The fourth-order valence-corrected chi connectivity index (χ4v) is 3.53. The Kier molecular flexibility index (Phi) is 5.05. The molecule has 0 fully saturated rings. The van der Waals surface area contributed by atoms with Crippen LogP contribution in [0.2, 0.25) is 0 Å². The van der Waals surface area contributed by atoms with Gasteiger partial charge in [0.15, 0.2) is 0 Å². The van der Waals surface area contributed by atoms with E-state index in [4.69, 9.17) is 0 Å². The van der Waals surface area contributed by atoms with Gasteiger partial charge in [0.25, 0.3) is 0 Å². The maximum atomic E-state index is 12.5. The highest BCUT2D eigenvalue weighted by Crippen LogP contribution is 2.21. The molecular formula is C17H20N2O3S. The summed E-state index contributed by atoms with van der Waals surface area (Å²) in [6.45, 7) is 3.49. The summed E-state index contributed by atoms with van der Waals surface area (Å²) in [4.78, 5) is 12.5. The molecule has 0 unspecified atom stereocenters. The Hall–Kier alpha value is -2.34. The van der Waals surface area contributed by atoms with Gasteiger partial charge in [-0.25, -0.2) is 8.42 Å². The number of hydrogen-bond donors (Lipinski definition) is 1. The Labute approximate surface area is 137 Å². The number of benzene rings is 2. The largest absolute Gasteiger partial charge is 0.324 e. The maximum Gasteiger partial charge on any atom is 0.247 e. The van der Waals surface area contributed by atoms with Gasteiger partial charge in [0, 0.05) is 5.69 Å². The molecule has 1 N–H and O–H groups in total. The lowest BCUT2D eigenvalue weighted by molar-refractivity contribution is -0.116. The van der Waals surface area contributed by atoms with Gasteiger partial charge in [-0.15, -0.1) is 0 Å². The maximum absolute atomic E-state index is 12.5. The number of carbonyl (C=O) groups is 1. The zero-order valence-corrected chi connectivity index (χ0v) is 14.2. The van der Waals surface area contributed by atoms with Crippen LogP contribution in [0.4, 0.5) is 11.4 Å². The number of nitrogens with zero attached hydrogens (tertiary/aromatic N) is 1. The van der Waals surface area contributed by atoms with Crippen molar-refractivity contribution >= 4 is 27.3 Å². The highest BCUT2D eigenvalue weighted by atomic mass is 32.2. The minimum Gasteiger partial charge on any atom is -0.324 e. The first kappa shape index (κ1) is 17.0. The lowest BCUT2D eigenvalue weighted by atomic mass is 10.2. The third-order valence-electron chi connectivity index (χ3n) is 3.38. The second-order valence-electron chi connectivity index (χ2n) is 5.43. The summed E-state index contributed by atoms with van der Waals surface area (Å²) in [5.74, 6) is -0.384. The fraction of sp³-hybridized carbons (Fsp3) is 0.235. The van der Waals surface area contributed by atoms with Crippen LogP contribution in [-0.2, 0) is 14.8 Å². The number of aryl methyl sites for hydroxylation is 1. The Morgan fingerprint density at radius 1 is 1.09 bits per heavy atom. The molecule has 0 saturated heterocycles. The van der Waals surface area contributed by atoms with Gasteiger partial charge in [-0.1, -0.05) is 30.3 Å². The molecule has 1 atom stereocenters. The van der Waals surface area contributed by atoms with Crippen LogP contribution in [-0.4, -0.2) is 26.6 Å². The highest BCUT2D eigenvalue weighted by molar-refractivity contribution is 7.92. The van der Waals surface area contributed by atoms with Crippen molar-refractivity contribution in [2.24, 2.45) is 0 Å². The molecule has 5 nitrogen and oxygen atoms in total. The molecule has 0 aliphatic heterocycles. The van der Waals surface area contributed by atoms with Crippen LogP contribution in [0.3, 0.4) is 0 Å². The van der Waals surface area contributed by atoms with Crippen LogP contribution < -0.4 is 9.62 Å². The molecule has 0 bridgehead atoms. The van der Waals surface area contributed by atoms with E-state index in [1.54, 1.807) is 43.3 Å². The van der Waals surface area contributed by atoms with E-state index in [0.717, 1.165) is 16.1 Å². The summed E-state index contributed by atoms with van der Waals surface area (Å²) >= 11 is 0. The zero-order valence-electron chi connectivity index (χ0n) is 13.4. The Morgan fingerprint density at radius 2 is 1.74 bits per heavy atom. The molecule has 0 aliphatic carbocycles. The number of nitrogens with one attached hydrogen (secondary N) is 1. The van der Waals surface area contributed by atoms with E-state index in [9.17, 15) is 13.2 Å². The van der Waals surface area contributed by atoms with Gasteiger partial charge in [0.2, 0.25) is 15.9 Å². The molecule has 1 amide bonds. The van der Waals surface area contributed by atoms with E-state index in [1.807, 2.05) is 25.1 Å². The van der Waals surface area contributed by atoms with Gasteiger partial charge in [0.05, 0.1) is 11.9 Å². The molecule has 0 spiro atoms. The fourth-order valence-electron chi connectivity index (χ4n) is 2.35. The van der Waals surface area contributed by atoms with Crippen molar-refractivity contribution in [2.75, 3.05) is 15.9 Å².